The Balaban J connectivity index is 2.52. The van der Waals surface area contributed by atoms with Gasteiger partial charge < -0.3 is 11.1 Å². The van der Waals surface area contributed by atoms with Gasteiger partial charge in [-0.25, -0.2) is 4.39 Å². The number of nitrogens with one attached hydrogen (secondary N) is 1. The van der Waals surface area contributed by atoms with Gasteiger partial charge in [-0.3, -0.25) is 4.79 Å². The lowest BCUT2D eigenvalue weighted by Crippen LogP contribution is -2.15. The van der Waals surface area contributed by atoms with E-state index < -0.39 is 5.82 Å². The summed E-state index contributed by atoms with van der Waals surface area (Å²) in [7, 11) is 0. The molecule has 0 spiro atoms. The zero-order valence-electron chi connectivity index (χ0n) is 12.4. The van der Waals surface area contributed by atoms with Gasteiger partial charge in [0, 0.05) is 12.1 Å². The van der Waals surface area contributed by atoms with Crippen molar-refractivity contribution in [3.63, 3.8) is 0 Å². The molecular formula is C16H22FN3O. The lowest BCUT2D eigenvalue weighted by Gasteiger charge is -2.14. The quantitative estimate of drug-likeness (QED) is 0.772. The molecule has 1 unspecified atom stereocenters. The molecule has 0 saturated carbocycles. The topological polar surface area (TPSA) is 78.9 Å². The van der Waals surface area contributed by atoms with E-state index in [-0.39, 0.29) is 11.5 Å². The number of carbonyl (C=O) groups excluding carboxylic acids is 1. The van der Waals surface area contributed by atoms with Gasteiger partial charge in [0.1, 0.15) is 11.9 Å². The maximum absolute atomic E-state index is 13.2. The van der Waals surface area contributed by atoms with Crippen molar-refractivity contribution in [3.8, 4) is 6.07 Å². The highest BCUT2D eigenvalue weighted by molar-refractivity contribution is 5.90. The first-order chi connectivity index (χ1) is 10.1. The van der Waals surface area contributed by atoms with Crippen molar-refractivity contribution in [2.45, 2.75) is 39.0 Å². The first-order valence-corrected chi connectivity index (χ1v) is 7.30. The Kier molecular flexibility index (Phi) is 7.41. The van der Waals surface area contributed by atoms with Crippen molar-refractivity contribution in [1.82, 2.24) is 0 Å². The maximum atomic E-state index is 13.2. The second kappa shape index (κ2) is 9.09. The van der Waals surface area contributed by atoms with Gasteiger partial charge in [-0.05, 0) is 43.5 Å². The molecule has 0 aliphatic rings. The first kappa shape index (κ1) is 17.1. The fraction of sp³-hybridized carbons (Fsp3) is 0.500. The zero-order chi connectivity index (χ0) is 15.7. The summed E-state index contributed by atoms with van der Waals surface area (Å²) in [4.78, 5) is 11.9. The van der Waals surface area contributed by atoms with E-state index in [2.05, 4.69) is 12.2 Å². The first-order valence-electron chi connectivity index (χ1n) is 7.30. The Morgan fingerprint density at radius 1 is 1.43 bits per heavy atom. The van der Waals surface area contributed by atoms with Gasteiger partial charge in [0.15, 0.2) is 0 Å². The normalized spacial score (nSPS) is 11.7. The third kappa shape index (κ3) is 5.92. The fourth-order valence-corrected chi connectivity index (χ4v) is 2.32. The molecule has 0 fully saturated rings. The Bertz CT molecular complexity index is 505. The SMILES string of the molecule is CCCC(CCN)CCC(=O)Nc1ccc(F)c(C#N)c1. The number of hydrogen-bond acceptors (Lipinski definition) is 3. The van der Waals surface area contributed by atoms with Gasteiger partial charge in [-0.2, -0.15) is 5.26 Å². The summed E-state index contributed by atoms with van der Waals surface area (Å²) in [5.41, 5.74) is 5.95. The summed E-state index contributed by atoms with van der Waals surface area (Å²) in [5.74, 6) is -0.237. The predicted octanol–water partition coefficient (Wildman–Crippen LogP) is 3.18. The molecule has 0 saturated heterocycles. The average molecular weight is 291 g/mol. The minimum absolute atomic E-state index is 0.0696. The van der Waals surface area contributed by atoms with E-state index in [1.54, 1.807) is 6.07 Å². The average Bonchev–Trinajstić information content (AvgIpc) is 2.47. The van der Waals surface area contributed by atoms with Gasteiger partial charge >= 0.3 is 0 Å². The number of halogens is 1. The summed E-state index contributed by atoms with van der Waals surface area (Å²) in [6.07, 6.45) is 4.28. The summed E-state index contributed by atoms with van der Waals surface area (Å²) in [6, 6.07) is 5.74. The summed E-state index contributed by atoms with van der Waals surface area (Å²) >= 11 is 0. The monoisotopic (exact) mass is 291 g/mol. The van der Waals surface area contributed by atoms with Crippen LogP contribution in [0.3, 0.4) is 0 Å². The lowest BCUT2D eigenvalue weighted by molar-refractivity contribution is -0.116. The Hall–Kier alpha value is -1.93. The Morgan fingerprint density at radius 2 is 2.19 bits per heavy atom. The molecular weight excluding hydrogens is 269 g/mol. The van der Waals surface area contributed by atoms with E-state index in [0.717, 1.165) is 25.7 Å². The number of nitrogens with zero attached hydrogens (tertiary/aromatic N) is 1. The molecule has 0 aliphatic heterocycles. The molecule has 1 amide bonds. The molecule has 1 rings (SSSR count). The molecule has 0 heterocycles. The van der Waals surface area contributed by atoms with E-state index in [1.807, 2.05) is 0 Å². The number of carbonyl (C=O) groups is 1. The molecule has 3 N–H and O–H groups in total. The van der Waals surface area contributed by atoms with Crippen LogP contribution in [-0.2, 0) is 4.79 Å². The third-order valence-electron chi connectivity index (χ3n) is 3.42. The van der Waals surface area contributed by atoms with Crippen LogP contribution in [0.5, 0.6) is 0 Å². The van der Waals surface area contributed by atoms with Gasteiger partial charge in [0.25, 0.3) is 0 Å². The van der Waals surface area contributed by atoms with Crippen molar-refractivity contribution in [2.24, 2.45) is 11.7 Å². The third-order valence-corrected chi connectivity index (χ3v) is 3.42. The highest BCUT2D eigenvalue weighted by atomic mass is 19.1. The standard InChI is InChI=1S/C16H22FN3O/c1-2-3-12(8-9-18)4-7-16(21)20-14-5-6-15(17)13(10-14)11-19/h5-6,10,12H,2-4,7-9,18H2,1H3,(H,20,21). The van der Waals surface area contributed by atoms with Crippen LogP contribution in [0.25, 0.3) is 0 Å². The number of hydrogen-bond donors (Lipinski definition) is 2. The number of anilines is 1. The van der Waals surface area contributed by atoms with Gasteiger partial charge in [-0.1, -0.05) is 19.8 Å². The summed E-state index contributed by atoms with van der Waals surface area (Å²) < 4.78 is 13.2. The molecule has 0 bridgehead atoms. The van der Waals surface area contributed by atoms with Gasteiger partial charge in [0.2, 0.25) is 5.91 Å². The number of nitrogens with two attached hydrogens (primary N) is 1. The van der Waals surface area contributed by atoms with Crippen LogP contribution in [0.1, 0.15) is 44.6 Å². The second-order valence-corrected chi connectivity index (χ2v) is 5.13. The Labute approximate surface area is 125 Å². The predicted molar refractivity (Wildman–Crippen MR) is 81.0 cm³/mol. The Morgan fingerprint density at radius 3 is 2.81 bits per heavy atom. The highest BCUT2D eigenvalue weighted by Gasteiger charge is 2.11. The van der Waals surface area contributed by atoms with Crippen LogP contribution in [-0.4, -0.2) is 12.5 Å². The summed E-state index contributed by atoms with van der Waals surface area (Å²) in [6.45, 7) is 2.75. The molecule has 0 aliphatic carbocycles. The molecule has 0 radical (unpaired) electrons. The van der Waals surface area contributed by atoms with Crippen LogP contribution in [0.4, 0.5) is 10.1 Å². The van der Waals surface area contributed by atoms with Crippen LogP contribution in [0.15, 0.2) is 18.2 Å². The van der Waals surface area contributed by atoms with Gasteiger partial charge in [-0.15, -0.1) is 0 Å². The van der Waals surface area contributed by atoms with E-state index in [9.17, 15) is 9.18 Å². The molecule has 1 atom stereocenters. The van der Waals surface area contributed by atoms with Crippen molar-refractivity contribution in [2.75, 3.05) is 11.9 Å². The molecule has 21 heavy (non-hydrogen) atoms. The molecule has 5 heteroatoms. The number of amides is 1. The number of rotatable bonds is 8. The highest BCUT2D eigenvalue weighted by Crippen LogP contribution is 2.18. The van der Waals surface area contributed by atoms with Crippen LogP contribution in [0.2, 0.25) is 0 Å². The molecule has 1 aromatic rings. The molecule has 1 aromatic carbocycles. The van der Waals surface area contributed by atoms with E-state index in [4.69, 9.17) is 11.0 Å². The minimum Gasteiger partial charge on any atom is -0.330 e. The van der Waals surface area contributed by atoms with Crippen molar-refractivity contribution < 1.29 is 9.18 Å². The lowest BCUT2D eigenvalue weighted by atomic mass is 9.94. The summed E-state index contributed by atoms with van der Waals surface area (Å²) in [5, 5.41) is 11.5. The minimum atomic E-state index is -0.582. The van der Waals surface area contributed by atoms with E-state index >= 15 is 0 Å². The number of nitriles is 1. The molecule has 4 nitrogen and oxygen atoms in total. The van der Waals surface area contributed by atoms with Crippen LogP contribution >= 0.6 is 0 Å². The van der Waals surface area contributed by atoms with Crippen LogP contribution in [0, 0.1) is 23.1 Å². The molecule has 114 valence electrons. The largest absolute Gasteiger partial charge is 0.330 e. The van der Waals surface area contributed by atoms with E-state index in [1.165, 1.54) is 18.2 Å². The van der Waals surface area contributed by atoms with Crippen molar-refractivity contribution in [1.29, 1.82) is 5.26 Å². The smallest absolute Gasteiger partial charge is 0.224 e. The van der Waals surface area contributed by atoms with Gasteiger partial charge in [0.05, 0.1) is 5.56 Å². The second-order valence-electron chi connectivity index (χ2n) is 5.13. The van der Waals surface area contributed by atoms with Crippen LogP contribution < -0.4 is 11.1 Å². The van der Waals surface area contributed by atoms with Crippen molar-refractivity contribution in [3.05, 3.63) is 29.6 Å². The fourth-order valence-electron chi connectivity index (χ4n) is 2.32. The van der Waals surface area contributed by atoms with Crippen molar-refractivity contribution >= 4 is 11.6 Å². The van der Waals surface area contributed by atoms with E-state index in [0.29, 0.717) is 24.6 Å². The maximum Gasteiger partial charge on any atom is 0.224 e. The molecule has 0 aromatic heterocycles. The zero-order valence-corrected chi connectivity index (χ0v) is 12.4. The number of benzene rings is 1.